The number of halogens is 4. The first-order chi connectivity index (χ1) is 15.8. The molecule has 33 heavy (non-hydrogen) atoms. The molecule has 0 saturated heterocycles. The van der Waals surface area contributed by atoms with E-state index in [-0.39, 0.29) is 12.1 Å². The highest BCUT2D eigenvalue weighted by Gasteiger charge is 2.22. The zero-order valence-electron chi connectivity index (χ0n) is 16.9. The van der Waals surface area contributed by atoms with Gasteiger partial charge in [0, 0.05) is 18.2 Å². The molecule has 5 aromatic rings. The van der Waals surface area contributed by atoms with Crippen LogP contribution in [0.15, 0.2) is 40.9 Å². The molecule has 13 heteroatoms. The number of imidazole rings is 1. The standard InChI is InChI=1S/C20H14F4N8O/c1-31-14-5-3-9(6-12(14)26-20(31)25)13-8-32(30-27-13)7-10-2-4-11(16(22)15(10)21)18-28-29-19(33-18)17(23)24/h2-6,8,17H,7H2,1H3,(H2,25,26). The fourth-order valence-electron chi connectivity index (χ4n) is 3.37. The van der Waals surface area contributed by atoms with E-state index in [0.29, 0.717) is 17.2 Å². The van der Waals surface area contributed by atoms with Crippen LogP contribution in [0.4, 0.5) is 23.5 Å². The number of nitrogens with zero attached hydrogens (tertiary/aromatic N) is 7. The highest BCUT2D eigenvalue weighted by Crippen LogP contribution is 2.28. The lowest BCUT2D eigenvalue weighted by Crippen LogP contribution is -2.05. The number of nitrogens with two attached hydrogens (primary N) is 1. The molecule has 0 fully saturated rings. The Morgan fingerprint density at radius 2 is 1.88 bits per heavy atom. The summed E-state index contributed by atoms with van der Waals surface area (Å²) in [5, 5.41) is 14.5. The number of aryl methyl sites for hydroxylation is 1. The summed E-state index contributed by atoms with van der Waals surface area (Å²) in [6.45, 7) is -0.124. The van der Waals surface area contributed by atoms with Crippen LogP contribution in [0.1, 0.15) is 17.9 Å². The zero-order valence-corrected chi connectivity index (χ0v) is 16.9. The average Bonchev–Trinajstić information content (AvgIpc) is 3.52. The van der Waals surface area contributed by atoms with Gasteiger partial charge in [0.2, 0.25) is 5.95 Å². The van der Waals surface area contributed by atoms with E-state index < -0.39 is 35.4 Å². The SMILES string of the molecule is Cn1c(N)nc2cc(-c3cn(Cc4ccc(-c5nnc(C(F)F)o5)c(F)c4F)nn3)ccc21. The summed E-state index contributed by atoms with van der Waals surface area (Å²) in [6.07, 6.45) is -1.44. The zero-order chi connectivity index (χ0) is 23.3. The van der Waals surface area contributed by atoms with E-state index >= 15 is 0 Å². The van der Waals surface area contributed by atoms with E-state index in [1.807, 2.05) is 12.1 Å². The Morgan fingerprint density at radius 3 is 2.64 bits per heavy atom. The predicted molar refractivity (Wildman–Crippen MR) is 108 cm³/mol. The summed E-state index contributed by atoms with van der Waals surface area (Å²) in [6, 6.07) is 7.92. The van der Waals surface area contributed by atoms with Gasteiger partial charge in [-0.1, -0.05) is 17.3 Å². The van der Waals surface area contributed by atoms with Gasteiger partial charge in [-0.05, 0) is 18.2 Å². The molecular weight excluding hydrogens is 444 g/mol. The van der Waals surface area contributed by atoms with E-state index in [2.05, 4.69) is 25.5 Å². The lowest BCUT2D eigenvalue weighted by molar-refractivity contribution is 0.116. The molecule has 9 nitrogen and oxygen atoms in total. The number of anilines is 1. The van der Waals surface area contributed by atoms with Gasteiger partial charge in [0.25, 0.3) is 11.8 Å². The molecule has 3 heterocycles. The van der Waals surface area contributed by atoms with Crippen LogP contribution in [-0.2, 0) is 13.6 Å². The van der Waals surface area contributed by atoms with Gasteiger partial charge in [0.1, 0.15) is 5.69 Å². The third-order valence-corrected chi connectivity index (χ3v) is 5.10. The first kappa shape index (κ1) is 20.6. The highest BCUT2D eigenvalue weighted by molar-refractivity contribution is 5.83. The second-order valence-electron chi connectivity index (χ2n) is 7.18. The van der Waals surface area contributed by atoms with Crippen LogP contribution in [0, 0.1) is 11.6 Å². The second kappa shape index (κ2) is 7.69. The summed E-state index contributed by atoms with van der Waals surface area (Å²) in [5.74, 6) is -3.63. The van der Waals surface area contributed by atoms with Crippen molar-refractivity contribution < 1.29 is 22.0 Å². The Kier molecular flexibility index (Phi) is 4.80. The molecule has 3 aromatic heterocycles. The van der Waals surface area contributed by atoms with Crippen LogP contribution in [0.2, 0.25) is 0 Å². The summed E-state index contributed by atoms with van der Waals surface area (Å²) in [5.41, 5.74) is 8.13. The fourth-order valence-corrected chi connectivity index (χ4v) is 3.37. The topological polar surface area (TPSA) is 113 Å². The fraction of sp³-hybridized carbons (Fsp3) is 0.150. The maximum absolute atomic E-state index is 14.6. The van der Waals surface area contributed by atoms with Crippen molar-refractivity contribution in [2.75, 3.05) is 5.73 Å². The van der Waals surface area contributed by atoms with E-state index in [1.54, 1.807) is 23.9 Å². The third kappa shape index (κ3) is 3.56. The molecule has 0 unspecified atom stereocenters. The number of hydrogen-bond acceptors (Lipinski definition) is 7. The maximum atomic E-state index is 14.6. The highest BCUT2D eigenvalue weighted by atomic mass is 19.3. The molecule has 0 saturated carbocycles. The maximum Gasteiger partial charge on any atom is 0.314 e. The molecule has 0 aliphatic heterocycles. The minimum absolute atomic E-state index is 0.0331. The van der Waals surface area contributed by atoms with Crippen LogP contribution >= 0.6 is 0 Å². The van der Waals surface area contributed by atoms with E-state index in [9.17, 15) is 17.6 Å². The van der Waals surface area contributed by atoms with E-state index in [4.69, 9.17) is 10.2 Å². The first-order valence-electron chi connectivity index (χ1n) is 9.53. The number of hydrogen-bond donors (Lipinski definition) is 1. The minimum Gasteiger partial charge on any atom is -0.415 e. The van der Waals surface area contributed by atoms with Crippen LogP contribution < -0.4 is 5.73 Å². The molecule has 0 bridgehead atoms. The molecule has 5 rings (SSSR count). The predicted octanol–water partition coefficient (Wildman–Crippen LogP) is 3.73. The van der Waals surface area contributed by atoms with Gasteiger partial charge in [0.05, 0.1) is 29.3 Å². The molecule has 0 aliphatic carbocycles. The van der Waals surface area contributed by atoms with Gasteiger partial charge in [-0.15, -0.1) is 15.3 Å². The van der Waals surface area contributed by atoms with Gasteiger partial charge >= 0.3 is 6.43 Å². The molecule has 0 amide bonds. The number of alkyl halides is 2. The lowest BCUT2D eigenvalue weighted by atomic mass is 10.1. The molecule has 168 valence electrons. The Balaban J connectivity index is 1.40. The Bertz CT molecular complexity index is 1490. The largest absolute Gasteiger partial charge is 0.415 e. The van der Waals surface area contributed by atoms with Crippen LogP contribution in [0.25, 0.3) is 33.7 Å². The summed E-state index contributed by atoms with van der Waals surface area (Å²) < 4.78 is 62.2. The smallest absolute Gasteiger partial charge is 0.314 e. The average molecular weight is 458 g/mol. The molecule has 0 spiro atoms. The lowest BCUT2D eigenvalue weighted by Gasteiger charge is -2.06. The monoisotopic (exact) mass is 458 g/mol. The Labute approximate surface area is 182 Å². The second-order valence-corrected chi connectivity index (χ2v) is 7.18. The van der Waals surface area contributed by atoms with Gasteiger partial charge in [-0.3, -0.25) is 0 Å². The summed E-state index contributed by atoms with van der Waals surface area (Å²) in [4.78, 5) is 4.27. The van der Waals surface area contributed by atoms with Gasteiger partial charge in [0.15, 0.2) is 11.6 Å². The van der Waals surface area contributed by atoms with Crippen molar-refractivity contribution in [3.63, 3.8) is 0 Å². The Hall–Kier alpha value is -4.29. The van der Waals surface area contributed by atoms with Crippen LogP contribution in [0.5, 0.6) is 0 Å². The molecule has 0 aliphatic rings. The van der Waals surface area contributed by atoms with Crippen LogP contribution in [-0.4, -0.2) is 34.7 Å². The molecule has 2 aromatic carbocycles. The number of fused-ring (bicyclic) bond motifs is 1. The number of aromatic nitrogens is 7. The van der Waals surface area contributed by atoms with E-state index in [0.717, 1.165) is 11.1 Å². The minimum atomic E-state index is -3.02. The quantitative estimate of drug-likeness (QED) is 0.399. The molecular formula is C20H14F4N8O. The van der Waals surface area contributed by atoms with Crippen molar-refractivity contribution in [2.45, 2.75) is 13.0 Å². The first-order valence-corrected chi connectivity index (χ1v) is 9.53. The van der Waals surface area contributed by atoms with Crippen molar-refractivity contribution in [1.82, 2.24) is 34.7 Å². The van der Waals surface area contributed by atoms with Crippen molar-refractivity contribution in [2.24, 2.45) is 7.05 Å². The van der Waals surface area contributed by atoms with Crippen molar-refractivity contribution >= 4 is 17.0 Å². The Morgan fingerprint density at radius 1 is 1.06 bits per heavy atom. The molecule has 0 atom stereocenters. The number of benzene rings is 2. The van der Waals surface area contributed by atoms with E-state index in [1.165, 1.54) is 16.8 Å². The summed E-state index contributed by atoms with van der Waals surface area (Å²) >= 11 is 0. The normalized spacial score (nSPS) is 11.7. The van der Waals surface area contributed by atoms with Crippen molar-refractivity contribution in [3.05, 3.63) is 59.6 Å². The van der Waals surface area contributed by atoms with Gasteiger partial charge in [-0.2, -0.15) is 8.78 Å². The van der Waals surface area contributed by atoms with Crippen LogP contribution in [0.3, 0.4) is 0 Å². The summed E-state index contributed by atoms with van der Waals surface area (Å²) in [7, 11) is 1.80. The number of nitrogen functional groups attached to an aromatic ring is 1. The molecule has 2 N–H and O–H groups in total. The number of rotatable bonds is 5. The van der Waals surface area contributed by atoms with Gasteiger partial charge < -0.3 is 14.7 Å². The van der Waals surface area contributed by atoms with Crippen molar-refractivity contribution in [1.29, 1.82) is 0 Å². The molecule has 0 radical (unpaired) electrons. The third-order valence-electron chi connectivity index (χ3n) is 5.10. The van der Waals surface area contributed by atoms with Crippen molar-refractivity contribution in [3.8, 4) is 22.7 Å². The van der Waals surface area contributed by atoms with Gasteiger partial charge in [-0.25, -0.2) is 18.4 Å².